The maximum absolute atomic E-state index is 13.0. The normalized spacial score (nSPS) is 22.1. The van der Waals surface area contributed by atoms with Crippen molar-refractivity contribution in [1.29, 1.82) is 0 Å². The number of aryl methyl sites for hydroxylation is 2. The van der Waals surface area contributed by atoms with E-state index in [0.717, 1.165) is 43.7 Å². The van der Waals surface area contributed by atoms with E-state index in [1.54, 1.807) is 25.4 Å². The lowest BCUT2D eigenvalue weighted by molar-refractivity contribution is 0.0627. The number of hydrogen-bond donors (Lipinski definition) is 0. The van der Waals surface area contributed by atoms with Gasteiger partial charge in [0.2, 0.25) is 0 Å². The van der Waals surface area contributed by atoms with Crippen LogP contribution < -0.4 is 4.74 Å². The van der Waals surface area contributed by atoms with Gasteiger partial charge in [-0.05, 0) is 44.2 Å². The molecular formula is C19H22N4O2. The van der Waals surface area contributed by atoms with Crippen molar-refractivity contribution in [3.05, 3.63) is 47.3 Å². The zero-order valence-electron chi connectivity index (χ0n) is 14.7. The predicted molar refractivity (Wildman–Crippen MR) is 92.7 cm³/mol. The molecule has 1 aliphatic heterocycles. The van der Waals surface area contributed by atoms with Crippen LogP contribution in [0.15, 0.2) is 24.5 Å². The first-order valence-electron chi connectivity index (χ1n) is 8.74. The molecule has 25 heavy (non-hydrogen) atoms. The van der Waals surface area contributed by atoms with Crippen molar-refractivity contribution in [2.24, 2.45) is 0 Å². The molecule has 1 unspecified atom stereocenters. The Hall–Kier alpha value is -2.50. The number of methoxy groups -OCH3 is 1. The average Bonchev–Trinajstić information content (AvgIpc) is 2.98. The van der Waals surface area contributed by atoms with E-state index < -0.39 is 0 Å². The quantitative estimate of drug-likeness (QED) is 0.840. The second-order valence-corrected chi connectivity index (χ2v) is 6.98. The number of nitrogens with zero attached hydrogens (tertiary/aromatic N) is 4. The molecule has 0 aromatic carbocycles. The minimum absolute atomic E-state index is 0.0304. The summed E-state index contributed by atoms with van der Waals surface area (Å²) in [4.78, 5) is 28.2. The standard InChI is InChI=1S/C19H22N4O2/c1-13-21-11-14-4-7-19(17(14)22-13)6-3-9-23(12-19)18(24)16-10-15(25-2)5-8-20-16/h5,8,10-11H,3-4,6-7,9,12H2,1-2H3. The van der Waals surface area contributed by atoms with Crippen molar-refractivity contribution >= 4 is 5.91 Å². The molecule has 1 fully saturated rings. The zero-order chi connectivity index (χ0) is 17.4. The molecule has 3 heterocycles. The van der Waals surface area contributed by atoms with E-state index in [4.69, 9.17) is 9.72 Å². The SMILES string of the molecule is COc1ccnc(C(=O)N2CCCC3(CCc4cnc(C)nc43)C2)c1. The molecule has 1 spiro atoms. The van der Waals surface area contributed by atoms with Gasteiger partial charge in [-0.2, -0.15) is 0 Å². The van der Waals surface area contributed by atoms with Gasteiger partial charge in [0.05, 0.1) is 12.8 Å². The van der Waals surface area contributed by atoms with Gasteiger partial charge >= 0.3 is 0 Å². The fraction of sp³-hybridized carbons (Fsp3) is 0.474. The van der Waals surface area contributed by atoms with Crippen LogP contribution in [0.25, 0.3) is 0 Å². The molecule has 6 heteroatoms. The summed E-state index contributed by atoms with van der Waals surface area (Å²) in [5, 5.41) is 0. The van der Waals surface area contributed by atoms with E-state index in [1.807, 2.05) is 18.0 Å². The number of amides is 1. The summed E-state index contributed by atoms with van der Waals surface area (Å²) in [6.07, 6.45) is 7.67. The number of hydrogen-bond acceptors (Lipinski definition) is 5. The summed E-state index contributed by atoms with van der Waals surface area (Å²) in [6, 6.07) is 3.46. The Balaban J connectivity index is 1.62. The second-order valence-electron chi connectivity index (χ2n) is 6.98. The highest BCUT2D eigenvalue weighted by molar-refractivity contribution is 5.92. The van der Waals surface area contributed by atoms with Gasteiger partial charge in [0, 0.05) is 37.0 Å². The van der Waals surface area contributed by atoms with Crippen molar-refractivity contribution in [3.63, 3.8) is 0 Å². The van der Waals surface area contributed by atoms with Crippen LogP contribution in [0, 0.1) is 6.92 Å². The van der Waals surface area contributed by atoms with Gasteiger partial charge in [0.15, 0.2) is 0 Å². The highest BCUT2D eigenvalue weighted by atomic mass is 16.5. The fourth-order valence-electron chi connectivity index (χ4n) is 4.15. The summed E-state index contributed by atoms with van der Waals surface area (Å²) in [6.45, 7) is 3.39. The van der Waals surface area contributed by atoms with Crippen molar-refractivity contribution in [1.82, 2.24) is 19.9 Å². The molecule has 0 radical (unpaired) electrons. The summed E-state index contributed by atoms with van der Waals surface area (Å²) < 4.78 is 5.22. The molecule has 2 aromatic heterocycles. The molecule has 1 atom stereocenters. The van der Waals surface area contributed by atoms with Crippen molar-refractivity contribution in [2.45, 2.75) is 38.0 Å². The monoisotopic (exact) mass is 338 g/mol. The van der Waals surface area contributed by atoms with E-state index in [2.05, 4.69) is 9.97 Å². The Kier molecular flexibility index (Phi) is 3.90. The predicted octanol–water partition coefficient (Wildman–Crippen LogP) is 2.31. The molecule has 0 bridgehead atoms. The van der Waals surface area contributed by atoms with Crippen LogP contribution in [0.4, 0.5) is 0 Å². The number of piperidine rings is 1. The van der Waals surface area contributed by atoms with Gasteiger partial charge in [0.1, 0.15) is 17.3 Å². The van der Waals surface area contributed by atoms with Crippen LogP contribution in [0.1, 0.15) is 46.8 Å². The lowest BCUT2D eigenvalue weighted by Crippen LogP contribution is -2.48. The molecule has 2 aromatic rings. The first-order valence-corrected chi connectivity index (χ1v) is 8.74. The van der Waals surface area contributed by atoms with E-state index in [0.29, 0.717) is 18.0 Å². The van der Waals surface area contributed by atoms with Crippen LogP contribution >= 0.6 is 0 Å². The number of carbonyl (C=O) groups is 1. The van der Waals surface area contributed by atoms with Gasteiger partial charge in [-0.25, -0.2) is 9.97 Å². The van der Waals surface area contributed by atoms with E-state index in [1.165, 1.54) is 5.56 Å². The molecule has 130 valence electrons. The number of aromatic nitrogens is 3. The van der Waals surface area contributed by atoms with Gasteiger partial charge in [-0.15, -0.1) is 0 Å². The van der Waals surface area contributed by atoms with Crippen molar-refractivity contribution in [3.8, 4) is 5.75 Å². The van der Waals surface area contributed by atoms with Crippen molar-refractivity contribution in [2.75, 3.05) is 20.2 Å². The zero-order valence-corrected chi connectivity index (χ0v) is 14.7. The Bertz CT molecular complexity index is 819. The largest absolute Gasteiger partial charge is 0.497 e. The Morgan fingerprint density at radius 3 is 3.04 bits per heavy atom. The molecular weight excluding hydrogens is 316 g/mol. The number of carbonyl (C=O) groups excluding carboxylic acids is 1. The Morgan fingerprint density at radius 1 is 1.32 bits per heavy atom. The highest BCUT2D eigenvalue weighted by Crippen LogP contribution is 2.44. The van der Waals surface area contributed by atoms with E-state index >= 15 is 0 Å². The minimum atomic E-state index is -0.0319. The summed E-state index contributed by atoms with van der Waals surface area (Å²) >= 11 is 0. The molecule has 0 N–H and O–H groups in total. The number of pyridine rings is 1. The van der Waals surface area contributed by atoms with Crippen LogP contribution in [0.5, 0.6) is 5.75 Å². The molecule has 2 aliphatic rings. The first-order chi connectivity index (χ1) is 12.1. The minimum Gasteiger partial charge on any atom is -0.497 e. The van der Waals surface area contributed by atoms with Crippen LogP contribution in [0.2, 0.25) is 0 Å². The smallest absolute Gasteiger partial charge is 0.272 e. The molecule has 6 nitrogen and oxygen atoms in total. The molecule has 1 aliphatic carbocycles. The Morgan fingerprint density at radius 2 is 2.20 bits per heavy atom. The number of likely N-dealkylation sites (tertiary alicyclic amines) is 1. The van der Waals surface area contributed by atoms with Gasteiger partial charge in [-0.1, -0.05) is 0 Å². The lowest BCUT2D eigenvalue weighted by atomic mass is 9.77. The summed E-state index contributed by atoms with van der Waals surface area (Å²) in [5.41, 5.74) is 2.79. The van der Waals surface area contributed by atoms with Crippen LogP contribution in [-0.4, -0.2) is 46.0 Å². The van der Waals surface area contributed by atoms with Gasteiger partial charge in [-0.3, -0.25) is 9.78 Å². The van der Waals surface area contributed by atoms with Gasteiger partial charge in [0.25, 0.3) is 5.91 Å². The molecule has 1 saturated heterocycles. The van der Waals surface area contributed by atoms with Crippen molar-refractivity contribution < 1.29 is 9.53 Å². The number of fused-ring (bicyclic) bond motifs is 2. The summed E-state index contributed by atoms with van der Waals surface area (Å²) in [7, 11) is 1.59. The molecule has 1 amide bonds. The number of rotatable bonds is 2. The molecule has 0 saturated carbocycles. The van der Waals surface area contributed by atoms with Gasteiger partial charge < -0.3 is 9.64 Å². The third-order valence-electron chi connectivity index (χ3n) is 5.41. The Labute approximate surface area is 147 Å². The van der Waals surface area contributed by atoms with E-state index in [9.17, 15) is 4.79 Å². The third-order valence-corrected chi connectivity index (χ3v) is 5.41. The van der Waals surface area contributed by atoms with Crippen LogP contribution in [-0.2, 0) is 11.8 Å². The third kappa shape index (κ3) is 2.75. The fourth-order valence-corrected chi connectivity index (χ4v) is 4.15. The maximum Gasteiger partial charge on any atom is 0.272 e. The first kappa shape index (κ1) is 16.0. The lowest BCUT2D eigenvalue weighted by Gasteiger charge is -2.40. The van der Waals surface area contributed by atoms with E-state index in [-0.39, 0.29) is 11.3 Å². The number of ether oxygens (including phenoxy) is 1. The second kappa shape index (κ2) is 6.10. The average molecular weight is 338 g/mol. The van der Waals surface area contributed by atoms with Crippen LogP contribution in [0.3, 0.4) is 0 Å². The highest BCUT2D eigenvalue weighted by Gasteiger charge is 2.44. The summed E-state index contributed by atoms with van der Waals surface area (Å²) in [5.74, 6) is 1.43. The topological polar surface area (TPSA) is 68.2 Å². The maximum atomic E-state index is 13.0. The molecule has 4 rings (SSSR count).